The lowest BCUT2D eigenvalue weighted by Gasteiger charge is -2.05. The number of carbonyl (C=O) groups is 1. The second-order valence-corrected chi connectivity index (χ2v) is 5.73. The van der Waals surface area contributed by atoms with Gasteiger partial charge in [-0.3, -0.25) is 4.79 Å². The molecule has 7 heteroatoms. The molecule has 1 aliphatic rings. The van der Waals surface area contributed by atoms with E-state index in [0.717, 1.165) is 0 Å². The first-order chi connectivity index (χ1) is 9.44. The zero-order chi connectivity index (χ0) is 14.5. The molecule has 0 aliphatic heterocycles. The van der Waals surface area contributed by atoms with Gasteiger partial charge in [-0.2, -0.15) is 0 Å². The summed E-state index contributed by atoms with van der Waals surface area (Å²) in [6, 6.07) is 4.82. The Balaban J connectivity index is 2.25. The van der Waals surface area contributed by atoms with Crippen LogP contribution in [-0.4, -0.2) is 10.4 Å². The van der Waals surface area contributed by atoms with E-state index in [1.165, 1.54) is 0 Å². The van der Waals surface area contributed by atoms with Gasteiger partial charge in [0, 0.05) is 5.56 Å². The van der Waals surface area contributed by atoms with Gasteiger partial charge in [-0.05, 0) is 36.6 Å². The molecule has 20 heavy (non-hydrogen) atoms. The summed E-state index contributed by atoms with van der Waals surface area (Å²) in [6.07, 6.45) is 0.546. The van der Waals surface area contributed by atoms with E-state index in [2.05, 4.69) is 5.16 Å². The third-order valence-corrected chi connectivity index (χ3v) is 4.00. The van der Waals surface area contributed by atoms with Crippen molar-refractivity contribution in [3.8, 4) is 11.3 Å². The molecular weight excluding hydrogens is 328 g/mol. The van der Waals surface area contributed by atoms with Crippen molar-refractivity contribution in [2.24, 2.45) is 0 Å². The van der Waals surface area contributed by atoms with Crippen molar-refractivity contribution in [2.75, 3.05) is 0 Å². The molecule has 0 amide bonds. The van der Waals surface area contributed by atoms with E-state index in [9.17, 15) is 9.18 Å². The maximum Gasteiger partial charge on any atom is 0.258 e. The van der Waals surface area contributed by atoms with Crippen molar-refractivity contribution < 1.29 is 13.7 Å². The number of nitrogens with zero attached hydrogens (tertiary/aromatic N) is 1. The van der Waals surface area contributed by atoms with Gasteiger partial charge in [-0.1, -0.05) is 34.4 Å². The van der Waals surface area contributed by atoms with E-state index in [1.54, 1.807) is 18.2 Å². The van der Waals surface area contributed by atoms with Crippen LogP contribution in [0.3, 0.4) is 0 Å². The Labute approximate surface area is 128 Å². The Morgan fingerprint density at radius 1 is 1.30 bits per heavy atom. The van der Waals surface area contributed by atoms with Crippen molar-refractivity contribution in [3.05, 3.63) is 39.6 Å². The van der Waals surface area contributed by atoms with E-state index in [4.69, 9.17) is 39.3 Å². The van der Waals surface area contributed by atoms with Crippen LogP contribution in [0.15, 0.2) is 22.7 Å². The monoisotopic (exact) mass is 333 g/mol. The summed E-state index contributed by atoms with van der Waals surface area (Å²) in [5.74, 6) is -0.150. The highest BCUT2D eigenvalue weighted by molar-refractivity contribution is 6.68. The van der Waals surface area contributed by atoms with Crippen molar-refractivity contribution in [1.82, 2.24) is 5.16 Å². The number of rotatable bonds is 3. The predicted molar refractivity (Wildman–Crippen MR) is 74.2 cm³/mol. The van der Waals surface area contributed by atoms with Crippen LogP contribution in [-0.2, 0) is 5.67 Å². The normalized spacial score (nSPS) is 16.2. The van der Waals surface area contributed by atoms with Gasteiger partial charge in [0.1, 0.15) is 11.3 Å². The molecule has 0 spiro atoms. The first-order valence-electron chi connectivity index (χ1n) is 5.77. The second-order valence-electron chi connectivity index (χ2n) is 4.57. The number of benzene rings is 1. The Morgan fingerprint density at radius 3 is 2.40 bits per heavy atom. The molecule has 0 unspecified atom stereocenters. The lowest BCUT2D eigenvalue weighted by Crippen LogP contribution is -2.03. The van der Waals surface area contributed by atoms with E-state index in [1.807, 2.05) is 0 Å². The number of aromatic nitrogens is 1. The smallest absolute Gasteiger partial charge is 0.258 e. The van der Waals surface area contributed by atoms with Gasteiger partial charge in [0.25, 0.3) is 5.24 Å². The molecular formula is C13H7Cl3FNO2. The number of hydrogen-bond donors (Lipinski definition) is 0. The number of carbonyl (C=O) groups excluding carboxylic acids is 1. The van der Waals surface area contributed by atoms with Crippen LogP contribution in [0, 0.1) is 0 Å². The maximum absolute atomic E-state index is 14.2. The Kier molecular flexibility index (Phi) is 3.27. The first kappa shape index (κ1) is 13.9. The Morgan fingerprint density at radius 2 is 1.90 bits per heavy atom. The first-order valence-corrected chi connectivity index (χ1v) is 6.91. The van der Waals surface area contributed by atoms with Crippen molar-refractivity contribution in [1.29, 1.82) is 0 Å². The molecule has 3 rings (SSSR count). The minimum Gasteiger partial charge on any atom is -0.356 e. The summed E-state index contributed by atoms with van der Waals surface area (Å²) in [5.41, 5.74) is -1.40. The summed E-state index contributed by atoms with van der Waals surface area (Å²) in [7, 11) is 0. The Hall–Kier alpha value is -1.10. The number of halogens is 4. The van der Waals surface area contributed by atoms with Crippen LogP contribution < -0.4 is 0 Å². The largest absolute Gasteiger partial charge is 0.356 e. The molecule has 0 bridgehead atoms. The highest BCUT2D eigenvalue weighted by Gasteiger charge is 2.52. The van der Waals surface area contributed by atoms with Crippen molar-refractivity contribution >= 4 is 40.0 Å². The molecule has 1 aromatic carbocycles. The Bertz CT molecular complexity index is 689. The van der Waals surface area contributed by atoms with Crippen LogP contribution in [0.5, 0.6) is 0 Å². The molecule has 1 heterocycles. The second kappa shape index (κ2) is 4.72. The summed E-state index contributed by atoms with van der Waals surface area (Å²) < 4.78 is 19.2. The van der Waals surface area contributed by atoms with Crippen LogP contribution in [0.2, 0.25) is 10.0 Å². The van der Waals surface area contributed by atoms with Crippen LogP contribution >= 0.6 is 34.8 Å². The summed E-state index contributed by atoms with van der Waals surface area (Å²) in [4.78, 5) is 11.6. The third kappa shape index (κ3) is 2.12. The lowest BCUT2D eigenvalue weighted by molar-refractivity contribution is 0.107. The van der Waals surface area contributed by atoms with E-state index >= 15 is 0 Å². The minimum absolute atomic E-state index is 0.0690. The summed E-state index contributed by atoms with van der Waals surface area (Å²) in [5, 5.41) is 3.45. The maximum atomic E-state index is 14.2. The highest BCUT2D eigenvalue weighted by atomic mass is 35.5. The summed E-state index contributed by atoms with van der Waals surface area (Å²) >= 11 is 17.7. The molecule has 3 nitrogen and oxygen atoms in total. The fourth-order valence-electron chi connectivity index (χ4n) is 2.01. The standard InChI is InChI=1S/C13H7Cl3FNO2/c14-6-2-1-3-7(15)8(6)10-9(12(16)19)11(20-18-10)13(17)4-5-13/h1-3H,4-5H2. The van der Waals surface area contributed by atoms with E-state index < -0.39 is 10.9 Å². The van der Waals surface area contributed by atoms with Crippen molar-refractivity contribution in [2.45, 2.75) is 18.5 Å². The molecule has 1 fully saturated rings. The highest BCUT2D eigenvalue weighted by Crippen LogP contribution is 2.52. The molecule has 0 N–H and O–H groups in total. The number of hydrogen-bond acceptors (Lipinski definition) is 3. The summed E-state index contributed by atoms with van der Waals surface area (Å²) in [6.45, 7) is 0. The van der Waals surface area contributed by atoms with Crippen molar-refractivity contribution in [3.63, 3.8) is 0 Å². The van der Waals surface area contributed by atoms with Crippen LogP contribution in [0.25, 0.3) is 11.3 Å². The quantitative estimate of drug-likeness (QED) is 0.743. The topological polar surface area (TPSA) is 43.1 Å². The molecule has 1 saturated carbocycles. The molecule has 1 aromatic heterocycles. The molecule has 0 saturated heterocycles. The van der Waals surface area contributed by atoms with Gasteiger partial charge in [0.15, 0.2) is 11.4 Å². The predicted octanol–water partition coefficient (Wildman–Crippen LogP) is 4.99. The van der Waals surface area contributed by atoms with Gasteiger partial charge in [0.05, 0.1) is 10.0 Å². The average molecular weight is 335 g/mol. The minimum atomic E-state index is -1.67. The van der Waals surface area contributed by atoms with Gasteiger partial charge < -0.3 is 4.52 Å². The molecule has 1 aliphatic carbocycles. The van der Waals surface area contributed by atoms with Gasteiger partial charge in [-0.25, -0.2) is 4.39 Å². The fraction of sp³-hybridized carbons (Fsp3) is 0.231. The van der Waals surface area contributed by atoms with Gasteiger partial charge in [0.2, 0.25) is 0 Å². The van der Waals surface area contributed by atoms with E-state index in [0.29, 0.717) is 5.56 Å². The molecule has 0 atom stereocenters. The molecule has 0 radical (unpaired) electrons. The zero-order valence-corrected chi connectivity index (χ0v) is 12.2. The zero-order valence-electron chi connectivity index (χ0n) is 9.92. The van der Waals surface area contributed by atoms with Crippen LogP contribution in [0.1, 0.15) is 29.0 Å². The third-order valence-electron chi connectivity index (χ3n) is 3.18. The van der Waals surface area contributed by atoms with E-state index in [-0.39, 0.29) is 39.9 Å². The number of alkyl halides is 1. The van der Waals surface area contributed by atoms with Gasteiger partial charge >= 0.3 is 0 Å². The molecule has 2 aromatic rings. The van der Waals surface area contributed by atoms with Crippen LogP contribution in [0.4, 0.5) is 4.39 Å². The average Bonchev–Trinajstić information content (AvgIpc) is 2.96. The lowest BCUT2D eigenvalue weighted by atomic mass is 10.0. The van der Waals surface area contributed by atoms with Gasteiger partial charge in [-0.15, -0.1) is 0 Å². The fourth-order valence-corrected chi connectivity index (χ4v) is 2.76. The molecule has 104 valence electrons. The SMILES string of the molecule is O=C(Cl)c1c(-c2c(Cl)cccc2Cl)noc1C1(F)CC1.